The van der Waals surface area contributed by atoms with Crippen molar-refractivity contribution in [3.8, 4) is 11.8 Å². The zero-order valence-electron chi connectivity index (χ0n) is 15.6. The molecule has 0 spiro atoms. The number of amides is 1. The van der Waals surface area contributed by atoms with Gasteiger partial charge in [-0.1, -0.05) is 65.8 Å². The van der Waals surface area contributed by atoms with E-state index in [1.54, 1.807) is 18.2 Å². The summed E-state index contributed by atoms with van der Waals surface area (Å²) in [6, 6.07) is 12.6. The summed E-state index contributed by atoms with van der Waals surface area (Å²) in [5.41, 5.74) is 1.36. The molecule has 1 amide bonds. The van der Waals surface area contributed by atoms with Crippen molar-refractivity contribution < 1.29 is 9.53 Å². The summed E-state index contributed by atoms with van der Waals surface area (Å²) >= 11 is 18.8. The zero-order valence-corrected chi connectivity index (χ0v) is 17.8. The van der Waals surface area contributed by atoms with Crippen molar-refractivity contribution in [3.05, 3.63) is 68.2 Å². The van der Waals surface area contributed by atoms with E-state index in [2.05, 4.69) is 5.32 Å². The van der Waals surface area contributed by atoms with Gasteiger partial charge < -0.3 is 10.1 Å². The van der Waals surface area contributed by atoms with E-state index in [-0.39, 0.29) is 34.2 Å². The van der Waals surface area contributed by atoms with Gasteiger partial charge in [-0.3, -0.25) is 4.79 Å². The molecule has 0 bridgehead atoms. The predicted molar refractivity (Wildman–Crippen MR) is 116 cm³/mol. The van der Waals surface area contributed by atoms with E-state index in [0.717, 1.165) is 31.2 Å². The third-order valence-electron chi connectivity index (χ3n) is 4.72. The van der Waals surface area contributed by atoms with Gasteiger partial charge >= 0.3 is 0 Å². The molecule has 2 aromatic rings. The Kier molecular flexibility index (Phi) is 7.44. The normalized spacial score (nSPS) is 14.5. The molecule has 0 saturated heterocycles. The summed E-state index contributed by atoms with van der Waals surface area (Å²) in [4.78, 5) is 12.4. The fourth-order valence-electron chi connectivity index (χ4n) is 3.21. The second-order valence-electron chi connectivity index (χ2n) is 6.82. The number of carbonyl (C=O) groups excluding carboxylic acids is 1. The van der Waals surface area contributed by atoms with Gasteiger partial charge in [0.2, 0.25) is 0 Å². The molecule has 1 N–H and O–H groups in total. The highest BCUT2D eigenvalue weighted by molar-refractivity contribution is 6.37. The van der Waals surface area contributed by atoms with Gasteiger partial charge in [-0.05, 0) is 42.7 Å². The fourth-order valence-corrected chi connectivity index (χ4v) is 4.02. The number of hydrogen-bond acceptors (Lipinski definition) is 3. The second-order valence-corrected chi connectivity index (χ2v) is 8.04. The molecule has 1 fully saturated rings. The Balaban J connectivity index is 1.75. The quantitative estimate of drug-likeness (QED) is 0.422. The number of hydrogen-bond donors (Lipinski definition) is 1. The molecular formula is C22H19Cl3N2O2. The van der Waals surface area contributed by atoms with Gasteiger partial charge in [-0.2, -0.15) is 5.26 Å². The molecule has 4 nitrogen and oxygen atoms in total. The summed E-state index contributed by atoms with van der Waals surface area (Å²) < 4.78 is 5.74. The minimum absolute atomic E-state index is 0.00812. The molecule has 1 saturated carbocycles. The average molecular weight is 450 g/mol. The van der Waals surface area contributed by atoms with Gasteiger partial charge in [0.15, 0.2) is 5.75 Å². The van der Waals surface area contributed by atoms with E-state index in [0.29, 0.717) is 16.3 Å². The summed E-state index contributed by atoms with van der Waals surface area (Å²) in [6.45, 7) is 0.210. The number of carbonyl (C=O) groups is 1. The first-order valence-corrected chi connectivity index (χ1v) is 10.4. The molecule has 0 heterocycles. The lowest BCUT2D eigenvalue weighted by Crippen LogP contribution is -2.33. The van der Waals surface area contributed by atoms with Crippen LogP contribution >= 0.6 is 34.8 Å². The van der Waals surface area contributed by atoms with Crippen LogP contribution in [0.4, 0.5) is 0 Å². The first kappa shape index (κ1) is 21.5. The summed E-state index contributed by atoms with van der Waals surface area (Å²) in [6.07, 6.45) is 5.55. The van der Waals surface area contributed by atoms with Crippen LogP contribution < -0.4 is 10.1 Å². The van der Waals surface area contributed by atoms with Crippen molar-refractivity contribution in [3.63, 3.8) is 0 Å². The number of nitrogens with one attached hydrogen (secondary N) is 1. The molecule has 3 rings (SSSR count). The third kappa shape index (κ3) is 5.67. The highest BCUT2D eigenvalue weighted by Gasteiger charge is 2.19. The second kappa shape index (κ2) is 10.0. The lowest BCUT2D eigenvalue weighted by molar-refractivity contribution is -0.117. The van der Waals surface area contributed by atoms with E-state index in [4.69, 9.17) is 39.5 Å². The van der Waals surface area contributed by atoms with Gasteiger partial charge in [0.05, 0.1) is 10.0 Å². The molecule has 0 aromatic heterocycles. The molecular weight excluding hydrogens is 431 g/mol. The van der Waals surface area contributed by atoms with Crippen LogP contribution in [0, 0.1) is 11.3 Å². The van der Waals surface area contributed by atoms with Gasteiger partial charge in [-0.25, -0.2) is 0 Å². The Morgan fingerprint density at radius 1 is 1.14 bits per heavy atom. The van der Waals surface area contributed by atoms with Crippen LogP contribution in [0.15, 0.2) is 42.0 Å². The maximum absolute atomic E-state index is 12.4. The van der Waals surface area contributed by atoms with E-state index in [9.17, 15) is 10.1 Å². The molecule has 0 atom stereocenters. The minimum Gasteiger partial charge on any atom is -0.486 e. The number of benzene rings is 2. The number of nitriles is 1. The van der Waals surface area contributed by atoms with Crippen LogP contribution in [-0.4, -0.2) is 11.9 Å². The van der Waals surface area contributed by atoms with Crippen LogP contribution in [0.1, 0.15) is 36.8 Å². The highest BCUT2D eigenvalue weighted by Crippen LogP contribution is 2.36. The zero-order chi connectivity index (χ0) is 20.8. The number of halogens is 3. The highest BCUT2D eigenvalue weighted by atomic mass is 35.5. The Bertz CT molecular complexity index is 953. The van der Waals surface area contributed by atoms with Crippen LogP contribution in [0.5, 0.6) is 5.75 Å². The largest absolute Gasteiger partial charge is 0.486 e. The fraction of sp³-hybridized carbons (Fsp3) is 0.273. The first-order valence-electron chi connectivity index (χ1n) is 9.26. The molecule has 0 unspecified atom stereocenters. The van der Waals surface area contributed by atoms with E-state index >= 15 is 0 Å². The SMILES string of the molecule is N#C/C(=C/c1cc(Cl)c(OCc2ccccc2Cl)c(Cl)c1)C(=O)NC1CCCC1. The maximum Gasteiger partial charge on any atom is 0.262 e. The molecule has 150 valence electrons. The van der Waals surface area contributed by atoms with Crippen LogP contribution in [0.25, 0.3) is 6.08 Å². The van der Waals surface area contributed by atoms with Gasteiger partial charge in [-0.15, -0.1) is 0 Å². The number of ether oxygens (including phenoxy) is 1. The molecule has 7 heteroatoms. The third-order valence-corrected chi connectivity index (χ3v) is 5.65. The van der Waals surface area contributed by atoms with Crippen LogP contribution in [0.3, 0.4) is 0 Å². The topological polar surface area (TPSA) is 62.1 Å². The van der Waals surface area contributed by atoms with Gasteiger partial charge in [0, 0.05) is 16.6 Å². The molecule has 2 aromatic carbocycles. The van der Waals surface area contributed by atoms with E-state index in [1.807, 2.05) is 24.3 Å². The molecule has 1 aliphatic carbocycles. The molecule has 0 aliphatic heterocycles. The summed E-state index contributed by atoms with van der Waals surface area (Å²) in [5.74, 6) is -0.0648. The Morgan fingerprint density at radius 3 is 2.41 bits per heavy atom. The Morgan fingerprint density at radius 2 is 1.79 bits per heavy atom. The lowest BCUT2D eigenvalue weighted by atomic mass is 10.1. The van der Waals surface area contributed by atoms with Crippen molar-refractivity contribution in [1.29, 1.82) is 5.26 Å². The predicted octanol–water partition coefficient (Wildman–Crippen LogP) is 6.19. The van der Waals surface area contributed by atoms with E-state index < -0.39 is 0 Å². The maximum atomic E-state index is 12.4. The average Bonchev–Trinajstić information content (AvgIpc) is 3.19. The van der Waals surface area contributed by atoms with Gasteiger partial charge in [0.25, 0.3) is 5.91 Å². The van der Waals surface area contributed by atoms with Crippen molar-refractivity contribution in [2.75, 3.05) is 0 Å². The summed E-state index contributed by atoms with van der Waals surface area (Å²) in [5, 5.41) is 13.4. The first-order chi connectivity index (χ1) is 14.0. The summed E-state index contributed by atoms with van der Waals surface area (Å²) in [7, 11) is 0. The van der Waals surface area contributed by atoms with Crippen molar-refractivity contribution >= 4 is 46.8 Å². The number of nitrogens with zero attached hydrogens (tertiary/aromatic N) is 1. The smallest absolute Gasteiger partial charge is 0.262 e. The monoisotopic (exact) mass is 448 g/mol. The Labute approximate surface area is 185 Å². The molecule has 1 aliphatic rings. The molecule has 29 heavy (non-hydrogen) atoms. The van der Waals surface area contributed by atoms with E-state index in [1.165, 1.54) is 6.08 Å². The number of rotatable bonds is 6. The van der Waals surface area contributed by atoms with Crippen LogP contribution in [0.2, 0.25) is 15.1 Å². The van der Waals surface area contributed by atoms with Crippen molar-refractivity contribution in [1.82, 2.24) is 5.32 Å². The lowest BCUT2D eigenvalue weighted by Gasteiger charge is -2.13. The Hall–Kier alpha value is -2.19. The van der Waals surface area contributed by atoms with Crippen molar-refractivity contribution in [2.45, 2.75) is 38.3 Å². The molecule has 0 radical (unpaired) electrons. The standard InChI is InChI=1S/C22H19Cl3N2O2/c23-18-8-4-1-5-15(18)13-29-21-19(24)10-14(11-20(21)25)9-16(12-26)22(28)27-17-6-2-3-7-17/h1,4-5,8-11,17H,2-3,6-7,13H2,(H,27,28)/b16-9-. The van der Waals surface area contributed by atoms with Crippen molar-refractivity contribution in [2.24, 2.45) is 0 Å². The van der Waals surface area contributed by atoms with Crippen LogP contribution in [-0.2, 0) is 11.4 Å². The minimum atomic E-state index is -0.384. The van der Waals surface area contributed by atoms with Gasteiger partial charge in [0.1, 0.15) is 18.2 Å².